The largest absolute Gasteiger partial charge is 0.433 e. The topological polar surface area (TPSA) is 29.9 Å². The molecule has 1 aromatic rings. The molecule has 1 heterocycles. The van der Waals surface area contributed by atoms with Gasteiger partial charge in [-0.05, 0) is 13.0 Å². The van der Waals surface area contributed by atoms with Crippen LogP contribution in [-0.2, 0) is 19.8 Å². The van der Waals surface area contributed by atoms with E-state index in [0.29, 0.717) is 0 Å². The van der Waals surface area contributed by atoms with Gasteiger partial charge >= 0.3 is 6.18 Å². The number of hydrogen-bond acceptors (Lipinski definition) is 2. The first-order valence-electron chi connectivity index (χ1n) is 6.75. The molecular weight excluding hydrogens is 255 g/mol. The molecule has 1 N–H and O–H groups in total. The van der Waals surface area contributed by atoms with Gasteiger partial charge in [0.1, 0.15) is 5.69 Å². The monoisotopic (exact) mass is 277 g/mol. The van der Waals surface area contributed by atoms with Crippen LogP contribution in [-0.4, -0.2) is 16.3 Å². The molecule has 0 spiro atoms. The smallest absolute Gasteiger partial charge is 0.313 e. The second kappa shape index (κ2) is 7.53. The van der Waals surface area contributed by atoms with Crippen LogP contribution in [0, 0.1) is 0 Å². The molecule has 1 rings (SSSR count). The maximum atomic E-state index is 12.8. The van der Waals surface area contributed by atoms with Crippen molar-refractivity contribution >= 4 is 0 Å². The number of nitrogens with one attached hydrogen (secondary N) is 1. The van der Waals surface area contributed by atoms with Crippen LogP contribution in [0.5, 0.6) is 0 Å². The molecule has 0 amide bonds. The van der Waals surface area contributed by atoms with Gasteiger partial charge in [-0.2, -0.15) is 18.3 Å². The Kier molecular flexibility index (Phi) is 6.34. The van der Waals surface area contributed by atoms with E-state index < -0.39 is 11.9 Å². The number of alkyl halides is 3. The average Bonchev–Trinajstić information content (AvgIpc) is 2.69. The highest BCUT2D eigenvalue weighted by Gasteiger charge is 2.36. The van der Waals surface area contributed by atoms with Crippen LogP contribution < -0.4 is 5.32 Å². The first-order chi connectivity index (χ1) is 8.96. The van der Waals surface area contributed by atoms with Crippen LogP contribution in [0.4, 0.5) is 13.2 Å². The van der Waals surface area contributed by atoms with Gasteiger partial charge in [0, 0.05) is 19.2 Å². The summed E-state index contributed by atoms with van der Waals surface area (Å²) in [5.41, 5.74) is -0.449. The first kappa shape index (κ1) is 16.0. The highest BCUT2D eigenvalue weighted by atomic mass is 19.4. The summed E-state index contributed by atoms with van der Waals surface area (Å²) in [5.74, 6) is 0. The lowest BCUT2D eigenvalue weighted by Crippen LogP contribution is -2.19. The van der Waals surface area contributed by atoms with Crippen molar-refractivity contribution in [2.24, 2.45) is 7.05 Å². The summed E-state index contributed by atoms with van der Waals surface area (Å²) in [6.07, 6.45) is 2.68. The Hall–Kier alpha value is -1.04. The van der Waals surface area contributed by atoms with E-state index in [1.165, 1.54) is 32.5 Å². The molecule has 0 atom stereocenters. The van der Waals surface area contributed by atoms with E-state index in [0.717, 1.165) is 24.1 Å². The molecule has 3 nitrogen and oxygen atoms in total. The van der Waals surface area contributed by atoms with Crippen molar-refractivity contribution in [3.8, 4) is 0 Å². The van der Waals surface area contributed by atoms with E-state index in [1.54, 1.807) is 0 Å². The van der Waals surface area contributed by atoms with E-state index in [1.807, 2.05) is 0 Å². The molecule has 110 valence electrons. The lowest BCUT2D eigenvalue weighted by atomic mass is 10.1. The summed E-state index contributed by atoms with van der Waals surface area (Å²) in [4.78, 5) is 0. The number of aromatic nitrogens is 2. The van der Waals surface area contributed by atoms with Crippen molar-refractivity contribution in [3.05, 3.63) is 17.5 Å². The molecule has 0 aliphatic heterocycles. The van der Waals surface area contributed by atoms with Crippen molar-refractivity contribution in [2.45, 2.75) is 51.7 Å². The molecule has 0 saturated carbocycles. The van der Waals surface area contributed by atoms with Crippen molar-refractivity contribution in [2.75, 3.05) is 6.54 Å². The molecule has 0 fully saturated rings. The van der Waals surface area contributed by atoms with Gasteiger partial charge in [-0.3, -0.25) is 4.68 Å². The van der Waals surface area contributed by atoms with Gasteiger partial charge in [-0.1, -0.05) is 32.6 Å². The third-order valence-electron chi connectivity index (χ3n) is 3.06. The lowest BCUT2D eigenvalue weighted by Gasteiger charge is -2.10. The predicted molar refractivity (Wildman–Crippen MR) is 68.7 cm³/mol. The summed E-state index contributed by atoms with van der Waals surface area (Å²) in [6.45, 7) is 3.12. The fraction of sp³-hybridized carbons (Fsp3) is 0.769. The summed E-state index contributed by atoms with van der Waals surface area (Å²) in [5, 5.41) is 6.73. The summed E-state index contributed by atoms with van der Waals surface area (Å²) < 4.78 is 39.2. The highest BCUT2D eigenvalue weighted by Crippen LogP contribution is 2.31. The van der Waals surface area contributed by atoms with Crippen molar-refractivity contribution < 1.29 is 13.2 Å². The summed E-state index contributed by atoms with van der Waals surface area (Å²) >= 11 is 0. The molecule has 1 aromatic heterocycles. The van der Waals surface area contributed by atoms with Crippen LogP contribution in [0.25, 0.3) is 0 Å². The Morgan fingerprint density at radius 2 is 1.89 bits per heavy atom. The van der Waals surface area contributed by atoms with Gasteiger partial charge in [0.2, 0.25) is 0 Å². The minimum Gasteiger partial charge on any atom is -0.313 e. The zero-order chi connectivity index (χ0) is 14.3. The second-order valence-corrected chi connectivity index (χ2v) is 4.73. The molecule has 0 saturated heterocycles. The SMILES string of the molecule is CCCCCCCNCc1cnn(C)c1C(F)(F)F. The number of unbranched alkanes of at least 4 members (excludes halogenated alkanes) is 4. The van der Waals surface area contributed by atoms with E-state index in [-0.39, 0.29) is 12.1 Å². The van der Waals surface area contributed by atoms with E-state index in [2.05, 4.69) is 17.3 Å². The Balaban J connectivity index is 2.34. The molecule has 0 aromatic carbocycles. The third-order valence-corrected chi connectivity index (χ3v) is 3.06. The van der Waals surface area contributed by atoms with Crippen LogP contribution >= 0.6 is 0 Å². The maximum absolute atomic E-state index is 12.8. The molecular formula is C13H22F3N3. The second-order valence-electron chi connectivity index (χ2n) is 4.73. The zero-order valence-electron chi connectivity index (χ0n) is 11.6. The van der Waals surface area contributed by atoms with Crippen molar-refractivity contribution in [1.29, 1.82) is 0 Å². The molecule has 0 bridgehead atoms. The maximum Gasteiger partial charge on any atom is 0.433 e. The van der Waals surface area contributed by atoms with E-state index in [9.17, 15) is 13.2 Å². The first-order valence-corrected chi connectivity index (χ1v) is 6.75. The Bertz CT molecular complexity index is 372. The van der Waals surface area contributed by atoms with Crippen molar-refractivity contribution in [3.63, 3.8) is 0 Å². The van der Waals surface area contributed by atoms with Crippen molar-refractivity contribution in [1.82, 2.24) is 15.1 Å². The van der Waals surface area contributed by atoms with Gasteiger partial charge in [-0.15, -0.1) is 0 Å². The minimum absolute atomic E-state index is 0.212. The molecule has 0 unspecified atom stereocenters. The number of rotatable bonds is 8. The zero-order valence-corrected chi connectivity index (χ0v) is 11.6. The van der Waals surface area contributed by atoms with E-state index in [4.69, 9.17) is 0 Å². The number of aryl methyl sites for hydroxylation is 1. The fourth-order valence-corrected chi connectivity index (χ4v) is 2.05. The van der Waals surface area contributed by atoms with Crippen LogP contribution in [0.2, 0.25) is 0 Å². The Labute approximate surface area is 112 Å². The summed E-state index contributed by atoms with van der Waals surface area (Å²) in [7, 11) is 1.32. The lowest BCUT2D eigenvalue weighted by molar-refractivity contribution is -0.144. The van der Waals surface area contributed by atoms with Crippen LogP contribution in [0.1, 0.15) is 50.3 Å². The van der Waals surface area contributed by atoms with Crippen LogP contribution in [0.3, 0.4) is 0 Å². The van der Waals surface area contributed by atoms with Gasteiger partial charge < -0.3 is 5.32 Å². The Morgan fingerprint density at radius 3 is 2.53 bits per heavy atom. The molecule has 0 aliphatic carbocycles. The quantitative estimate of drug-likeness (QED) is 0.737. The van der Waals surface area contributed by atoms with Gasteiger partial charge in [0.05, 0.1) is 6.20 Å². The average molecular weight is 277 g/mol. The normalized spacial score (nSPS) is 12.1. The van der Waals surface area contributed by atoms with Gasteiger partial charge in [0.25, 0.3) is 0 Å². The third kappa shape index (κ3) is 5.22. The molecule has 19 heavy (non-hydrogen) atoms. The molecule has 0 radical (unpaired) electrons. The minimum atomic E-state index is -4.34. The van der Waals surface area contributed by atoms with Gasteiger partial charge in [-0.25, -0.2) is 0 Å². The Morgan fingerprint density at radius 1 is 1.21 bits per heavy atom. The fourth-order valence-electron chi connectivity index (χ4n) is 2.05. The number of halogens is 3. The standard InChI is InChI=1S/C13H22F3N3/c1-3-4-5-6-7-8-17-9-11-10-18-19(2)12(11)13(14,15)16/h10,17H,3-9H2,1-2H3. The highest BCUT2D eigenvalue weighted by molar-refractivity contribution is 5.20. The van der Waals surface area contributed by atoms with E-state index >= 15 is 0 Å². The molecule has 0 aliphatic rings. The van der Waals surface area contributed by atoms with Crippen LogP contribution in [0.15, 0.2) is 6.20 Å². The number of nitrogens with zero attached hydrogens (tertiary/aromatic N) is 2. The molecule has 6 heteroatoms. The predicted octanol–water partition coefficient (Wildman–Crippen LogP) is 3.50. The number of hydrogen-bond donors (Lipinski definition) is 1. The van der Waals surface area contributed by atoms with Gasteiger partial charge in [0.15, 0.2) is 0 Å². The summed E-state index contributed by atoms with van der Waals surface area (Å²) in [6, 6.07) is 0.